The largest absolute Gasteiger partial charge is 0.472 e. The van der Waals surface area contributed by atoms with E-state index in [0.29, 0.717) is 19.1 Å². The topological polar surface area (TPSA) is 57.2 Å². The number of rotatable bonds is 12. The molecule has 0 rings (SSSR count). The van der Waals surface area contributed by atoms with E-state index >= 15 is 0 Å². The fourth-order valence-corrected chi connectivity index (χ4v) is 16.8. The summed E-state index contributed by atoms with van der Waals surface area (Å²) in [7, 11) is -8.69. The van der Waals surface area contributed by atoms with E-state index < -0.39 is 39.9 Å². The van der Waals surface area contributed by atoms with Crippen molar-refractivity contribution >= 4 is 33.8 Å². The monoisotopic (exact) mass is 411 g/mol. The van der Waals surface area contributed by atoms with Gasteiger partial charge in [-0.2, -0.15) is 0 Å². The van der Waals surface area contributed by atoms with Crippen LogP contribution < -0.4 is 0 Å². The number of hydrogen-bond acceptors (Lipinski definition) is 5. The van der Waals surface area contributed by atoms with Gasteiger partial charge in [0.1, 0.15) is 0 Å². The molecule has 0 aliphatic carbocycles. The summed E-state index contributed by atoms with van der Waals surface area (Å²) in [6.07, 6.45) is 0.0459. The summed E-state index contributed by atoms with van der Waals surface area (Å²) in [5.41, 5.74) is 0. The Hall–Kier alpha value is 0.668. The van der Waals surface area contributed by atoms with Crippen LogP contribution in [-0.4, -0.2) is 58.2 Å². The van der Waals surface area contributed by atoms with Crippen LogP contribution >= 0.6 is 0 Å². The average Bonchev–Trinajstić information content (AvgIpc) is 2.20. The van der Waals surface area contributed by atoms with Gasteiger partial charge in [0.05, 0.1) is 12.7 Å². The maximum Gasteiger partial charge on any atom is 0.472 e. The van der Waals surface area contributed by atoms with Crippen LogP contribution in [0.1, 0.15) is 6.42 Å². The molecule has 0 heterocycles. The van der Waals surface area contributed by atoms with E-state index in [1.54, 1.807) is 0 Å². The summed E-state index contributed by atoms with van der Waals surface area (Å²) in [6.45, 7) is 23.8. The van der Waals surface area contributed by atoms with Crippen molar-refractivity contribution in [2.24, 2.45) is 0 Å². The molecule has 0 aromatic carbocycles. The highest BCUT2D eigenvalue weighted by Gasteiger charge is 2.51. The molecule has 0 saturated carbocycles. The lowest BCUT2D eigenvalue weighted by atomic mass is 10.4. The van der Waals surface area contributed by atoms with E-state index in [1.165, 1.54) is 0 Å². The van der Waals surface area contributed by atoms with Crippen molar-refractivity contribution in [1.29, 1.82) is 0 Å². The van der Waals surface area contributed by atoms with Crippen LogP contribution in [0.2, 0.25) is 65.0 Å². The summed E-state index contributed by atoms with van der Waals surface area (Å²) >= 11 is 0. The van der Waals surface area contributed by atoms with Gasteiger partial charge >= 0.3 is 8.80 Å². The van der Waals surface area contributed by atoms with Crippen LogP contribution in [0.4, 0.5) is 0 Å². The molecule has 1 unspecified atom stereocenters. The van der Waals surface area contributed by atoms with Gasteiger partial charge in [0.25, 0.3) is 0 Å². The molecule has 0 spiro atoms. The summed E-state index contributed by atoms with van der Waals surface area (Å²) < 4.78 is 25.0. The average molecular weight is 412 g/mol. The molecule has 24 heavy (non-hydrogen) atoms. The van der Waals surface area contributed by atoms with Gasteiger partial charge in [-0.05, 0) is 65.3 Å². The van der Waals surface area contributed by atoms with Crippen LogP contribution in [0.3, 0.4) is 0 Å². The Balaban J connectivity index is 5.45. The summed E-state index contributed by atoms with van der Waals surface area (Å²) in [4.78, 5) is 0. The van der Waals surface area contributed by atoms with E-state index in [1.807, 2.05) is 0 Å². The first kappa shape index (κ1) is 24.7. The SMILES string of the molecule is [CH2]CCOCC(O)C[Si](O[Si](C)(C)C)(O[Si](C)(C)C)O[Si](C)(C)C. The second kappa shape index (κ2) is 9.56. The summed E-state index contributed by atoms with van der Waals surface area (Å²) in [6, 6.07) is 0.392. The fraction of sp³-hybridized carbons (Fsp3) is 0.933. The van der Waals surface area contributed by atoms with Crippen molar-refractivity contribution in [1.82, 2.24) is 0 Å². The van der Waals surface area contributed by atoms with Crippen LogP contribution in [0.25, 0.3) is 0 Å². The molecule has 0 aliphatic rings. The first-order chi connectivity index (χ1) is 10.6. The Morgan fingerprint density at radius 3 is 1.46 bits per heavy atom. The van der Waals surface area contributed by atoms with Crippen LogP contribution in [-0.2, 0) is 17.1 Å². The number of aliphatic hydroxyl groups excluding tert-OH is 1. The quantitative estimate of drug-likeness (QED) is 0.387. The third kappa shape index (κ3) is 12.9. The molecule has 0 fully saturated rings. The van der Waals surface area contributed by atoms with Crippen LogP contribution in [0, 0.1) is 6.92 Å². The van der Waals surface area contributed by atoms with Gasteiger partial charge in [-0.1, -0.05) is 6.92 Å². The Kier molecular flexibility index (Phi) is 9.82. The lowest BCUT2D eigenvalue weighted by Gasteiger charge is -2.43. The molecule has 0 amide bonds. The molecule has 0 bridgehead atoms. The number of aliphatic hydroxyl groups is 1. The number of ether oxygens (including phenoxy) is 1. The molecule has 1 atom stereocenters. The van der Waals surface area contributed by atoms with E-state index in [-0.39, 0.29) is 6.61 Å². The molecule has 1 N–H and O–H groups in total. The predicted octanol–water partition coefficient (Wildman–Crippen LogP) is 4.08. The molecular formula is C15H39O5Si4. The van der Waals surface area contributed by atoms with Crippen molar-refractivity contribution in [2.75, 3.05) is 13.2 Å². The van der Waals surface area contributed by atoms with Crippen molar-refractivity contribution in [3.63, 3.8) is 0 Å². The van der Waals surface area contributed by atoms with E-state index in [4.69, 9.17) is 17.1 Å². The third-order valence-corrected chi connectivity index (χ3v) is 14.5. The summed E-state index contributed by atoms with van der Waals surface area (Å²) in [5, 5.41) is 10.5. The maximum absolute atomic E-state index is 10.5. The first-order valence-corrected chi connectivity index (χ1v) is 20.9. The van der Waals surface area contributed by atoms with Gasteiger partial charge in [0, 0.05) is 12.7 Å². The van der Waals surface area contributed by atoms with Gasteiger partial charge in [-0.3, -0.25) is 0 Å². The normalized spacial score (nSPS) is 15.6. The van der Waals surface area contributed by atoms with Crippen molar-refractivity contribution in [3.05, 3.63) is 6.92 Å². The highest BCUT2D eigenvalue weighted by molar-refractivity contribution is 6.90. The molecule has 0 aromatic heterocycles. The van der Waals surface area contributed by atoms with Gasteiger partial charge in [0.2, 0.25) is 0 Å². The van der Waals surface area contributed by atoms with Crippen LogP contribution in [0.5, 0.6) is 0 Å². The highest BCUT2D eigenvalue weighted by Crippen LogP contribution is 2.30. The minimum atomic E-state index is -2.99. The molecule has 145 valence electrons. The standard InChI is InChI=1S/C15H39O5Si4/c1-11-12-17-13-15(16)14-24(18-21(2,3)4,19-22(5,6)7)20-23(8,9)10/h15-16H,1,11-14H2,2-10H3. The van der Waals surface area contributed by atoms with Gasteiger partial charge in [0.15, 0.2) is 25.0 Å². The molecule has 0 aliphatic heterocycles. The zero-order chi connectivity index (χ0) is 19.2. The zero-order valence-electron chi connectivity index (χ0n) is 17.2. The minimum Gasteiger partial charge on any atom is -0.417 e. The Labute approximate surface area is 153 Å². The van der Waals surface area contributed by atoms with Gasteiger partial charge in [-0.15, -0.1) is 0 Å². The molecule has 9 heteroatoms. The Bertz CT molecular complexity index is 320. The van der Waals surface area contributed by atoms with E-state index in [0.717, 1.165) is 0 Å². The molecule has 0 aromatic rings. The van der Waals surface area contributed by atoms with E-state index in [2.05, 4.69) is 65.8 Å². The second-order valence-corrected chi connectivity index (χ2v) is 26.0. The van der Waals surface area contributed by atoms with E-state index in [9.17, 15) is 5.11 Å². The predicted molar refractivity (Wildman–Crippen MR) is 111 cm³/mol. The first-order valence-electron chi connectivity index (χ1n) is 8.73. The van der Waals surface area contributed by atoms with Crippen molar-refractivity contribution in [3.8, 4) is 0 Å². The molecule has 1 radical (unpaired) electrons. The smallest absolute Gasteiger partial charge is 0.417 e. The van der Waals surface area contributed by atoms with Gasteiger partial charge < -0.3 is 22.2 Å². The number of hydrogen-bond donors (Lipinski definition) is 1. The molecule has 5 nitrogen and oxygen atoms in total. The fourth-order valence-electron chi connectivity index (χ4n) is 2.26. The minimum absolute atomic E-state index is 0.267. The third-order valence-electron chi connectivity index (χ3n) is 2.47. The summed E-state index contributed by atoms with van der Waals surface area (Å²) in [5.74, 6) is 0. The molecule has 0 saturated heterocycles. The Morgan fingerprint density at radius 1 is 0.792 bits per heavy atom. The lowest BCUT2D eigenvalue weighted by molar-refractivity contribution is 0.0408. The van der Waals surface area contributed by atoms with Gasteiger partial charge in [-0.25, -0.2) is 0 Å². The molecular weight excluding hydrogens is 373 g/mol. The van der Waals surface area contributed by atoms with Crippen molar-refractivity contribution < 1.29 is 22.2 Å². The Morgan fingerprint density at radius 2 is 1.17 bits per heavy atom. The highest BCUT2D eigenvalue weighted by atomic mass is 28.5. The zero-order valence-corrected chi connectivity index (χ0v) is 21.2. The van der Waals surface area contributed by atoms with Crippen LogP contribution in [0.15, 0.2) is 0 Å². The maximum atomic E-state index is 10.5. The van der Waals surface area contributed by atoms with Crippen molar-refractivity contribution in [2.45, 2.75) is 77.5 Å². The second-order valence-electron chi connectivity index (χ2n) is 9.11. The lowest BCUT2D eigenvalue weighted by Crippen LogP contribution is -2.61.